The number of hydrogen-bond acceptors (Lipinski definition) is 8. The number of rotatable bonds is 5. The molecule has 1 atom stereocenters. The molecule has 10 heteroatoms. The molecule has 1 unspecified atom stereocenters. The molecule has 176 valence electrons. The van der Waals surface area contributed by atoms with Crippen LogP contribution in [0.15, 0.2) is 29.6 Å². The summed E-state index contributed by atoms with van der Waals surface area (Å²) in [6.45, 7) is 10.4. The lowest BCUT2D eigenvalue weighted by molar-refractivity contribution is -0.158. The Morgan fingerprint density at radius 1 is 1.30 bits per heavy atom. The first kappa shape index (κ1) is 22.9. The number of carbonyl (C=O) groups is 1. The first-order chi connectivity index (χ1) is 15.6. The van der Waals surface area contributed by atoms with E-state index >= 15 is 0 Å². The molecule has 3 aromatic rings. The van der Waals surface area contributed by atoms with Crippen molar-refractivity contribution in [2.24, 2.45) is 0 Å². The van der Waals surface area contributed by atoms with Gasteiger partial charge in [0.2, 0.25) is 5.95 Å². The Balaban J connectivity index is 1.65. The quantitative estimate of drug-likeness (QED) is 0.586. The van der Waals surface area contributed by atoms with Gasteiger partial charge in [-0.1, -0.05) is 0 Å². The fourth-order valence-electron chi connectivity index (χ4n) is 3.74. The molecule has 0 bridgehead atoms. The highest BCUT2D eigenvalue weighted by Gasteiger charge is 2.25. The second-order valence-electron chi connectivity index (χ2n) is 9.37. The summed E-state index contributed by atoms with van der Waals surface area (Å²) in [6.07, 6.45) is 6.69. The van der Waals surface area contributed by atoms with Gasteiger partial charge in [0, 0.05) is 37.2 Å². The Morgan fingerprint density at radius 2 is 2.03 bits per heavy atom. The largest absolute Gasteiger partial charge is 0.458 e. The van der Waals surface area contributed by atoms with Gasteiger partial charge in [-0.2, -0.15) is 5.10 Å². The van der Waals surface area contributed by atoms with Crippen molar-refractivity contribution >= 4 is 17.4 Å². The predicted octanol–water partition coefficient (Wildman–Crippen LogP) is 2.76. The Labute approximate surface area is 192 Å². The molecule has 0 aliphatic carbocycles. The van der Waals surface area contributed by atoms with Crippen molar-refractivity contribution in [3.05, 3.63) is 40.7 Å². The zero-order valence-corrected chi connectivity index (χ0v) is 19.7. The van der Waals surface area contributed by atoms with Crippen LogP contribution in [0.5, 0.6) is 0 Å². The van der Waals surface area contributed by atoms with E-state index in [0.29, 0.717) is 11.5 Å². The number of hydrogen-bond donors (Lipinski definition) is 1. The van der Waals surface area contributed by atoms with Crippen molar-refractivity contribution in [1.29, 1.82) is 0 Å². The number of fused-ring (bicyclic) bond motifs is 1. The molecular formula is C23H30N6O4. The summed E-state index contributed by atoms with van der Waals surface area (Å²) in [5, 5.41) is 7.71. The van der Waals surface area contributed by atoms with Crippen LogP contribution in [0.4, 0.5) is 5.95 Å². The summed E-state index contributed by atoms with van der Waals surface area (Å²) in [7, 11) is 0. The summed E-state index contributed by atoms with van der Waals surface area (Å²) < 4.78 is 13.6. The van der Waals surface area contributed by atoms with Crippen molar-refractivity contribution in [3.8, 4) is 11.3 Å². The molecule has 0 aromatic carbocycles. The Hall–Kier alpha value is -3.27. The Morgan fingerprint density at radius 3 is 2.73 bits per heavy atom. The van der Waals surface area contributed by atoms with E-state index in [0.717, 1.165) is 42.9 Å². The van der Waals surface area contributed by atoms with Crippen molar-refractivity contribution in [3.63, 3.8) is 0 Å². The summed E-state index contributed by atoms with van der Waals surface area (Å²) in [5.41, 5.74) is 1.72. The van der Waals surface area contributed by atoms with Gasteiger partial charge in [0.25, 0.3) is 5.56 Å². The monoisotopic (exact) mass is 454 g/mol. The number of aryl methyl sites for hydroxylation is 1. The van der Waals surface area contributed by atoms with Crippen LogP contribution >= 0.6 is 0 Å². The molecular weight excluding hydrogens is 424 g/mol. The zero-order valence-electron chi connectivity index (χ0n) is 19.7. The number of esters is 1. The van der Waals surface area contributed by atoms with Crippen LogP contribution < -0.4 is 10.9 Å². The highest BCUT2D eigenvalue weighted by Crippen LogP contribution is 2.24. The van der Waals surface area contributed by atoms with E-state index in [9.17, 15) is 9.59 Å². The molecule has 10 nitrogen and oxygen atoms in total. The smallest absolute Gasteiger partial charge is 0.329 e. The molecule has 33 heavy (non-hydrogen) atoms. The molecule has 0 radical (unpaired) electrons. The van der Waals surface area contributed by atoms with E-state index in [1.807, 2.05) is 6.92 Å². The number of nitrogens with zero attached hydrogens (tertiary/aromatic N) is 5. The van der Waals surface area contributed by atoms with Crippen LogP contribution in [-0.4, -0.2) is 55.0 Å². The standard InChI is InChI=1S/C23H30N6O4/c1-14-11-24-22(26-17-6-8-32-9-7-17)27-19(14)16-10-18-20(30)28(13-25-29(18)12-16)15(2)21(31)33-23(3,4)5/h10-13,15,17H,6-9H2,1-5H3,(H,24,26,27). The zero-order chi connectivity index (χ0) is 23.8. The van der Waals surface area contributed by atoms with Crippen molar-refractivity contribution in [2.45, 2.75) is 65.1 Å². The highest BCUT2D eigenvalue weighted by molar-refractivity contribution is 5.74. The predicted molar refractivity (Wildman–Crippen MR) is 123 cm³/mol. The van der Waals surface area contributed by atoms with Gasteiger partial charge in [0.15, 0.2) is 0 Å². The lowest BCUT2D eigenvalue weighted by Crippen LogP contribution is -2.34. The topological polar surface area (TPSA) is 113 Å². The highest BCUT2D eigenvalue weighted by atomic mass is 16.6. The Bertz CT molecular complexity index is 1220. The van der Waals surface area contributed by atoms with Gasteiger partial charge in [0.1, 0.15) is 23.5 Å². The first-order valence-corrected chi connectivity index (χ1v) is 11.1. The molecule has 1 fully saturated rings. The molecule has 1 aliphatic heterocycles. The molecule has 4 heterocycles. The van der Waals surface area contributed by atoms with Gasteiger partial charge in [-0.25, -0.2) is 19.3 Å². The third-order valence-electron chi connectivity index (χ3n) is 5.52. The average Bonchev–Trinajstić information content (AvgIpc) is 3.19. The lowest BCUT2D eigenvalue weighted by Gasteiger charge is -2.23. The Kier molecular flexibility index (Phi) is 6.20. The number of carbonyl (C=O) groups excluding carboxylic acids is 1. The molecule has 0 amide bonds. The molecule has 1 N–H and O–H groups in total. The molecule has 1 aliphatic rings. The number of ether oxygens (including phenoxy) is 2. The van der Waals surface area contributed by atoms with Crippen molar-refractivity contribution in [1.82, 2.24) is 24.1 Å². The molecule has 0 spiro atoms. The normalized spacial score (nSPS) is 16.0. The van der Waals surface area contributed by atoms with Crippen LogP contribution in [0, 0.1) is 6.92 Å². The molecule has 1 saturated heterocycles. The third kappa shape index (κ3) is 5.05. The van der Waals surface area contributed by atoms with Crippen LogP contribution in [0.2, 0.25) is 0 Å². The van der Waals surface area contributed by atoms with Gasteiger partial charge < -0.3 is 14.8 Å². The second-order valence-corrected chi connectivity index (χ2v) is 9.37. The van der Waals surface area contributed by atoms with Crippen LogP contribution in [0.3, 0.4) is 0 Å². The maximum Gasteiger partial charge on any atom is 0.329 e. The lowest BCUT2D eigenvalue weighted by atomic mass is 10.1. The summed E-state index contributed by atoms with van der Waals surface area (Å²) in [5.74, 6) is 0.0553. The SMILES string of the molecule is Cc1cnc(NC2CCOCC2)nc1-c1cc2c(=O)n(C(C)C(=O)OC(C)(C)C)cnn2c1. The number of nitrogens with one attached hydrogen (secondary N) is 1. The van der Waals surface area contributed by atoms with E-state index in [1.165, 1.54) is 15.4 Å². The minimum absolute atomic E-state index is 0.269. The maximum atomic E-state index is 13.1. The van der Waals surface area contributed by atoms with Gasteiger partial charge in [-0.05, 0) is 59.1 Å². The summed E-state index contributed by atoms with van der Waals surface area (Å²) in [4.78, 5) is 34.7. The van der Waals surface area contributed by atoms with E-state index in [1.54, 1.807) is 46.2 Å². The molecule has 0 saturated carbocycles. The van der Waals surface area contributed by atoms with Gasteiger partial charge >= 0.3 is 5.97 Å². The first-order valence-electron chi connectivity index (χ1n) is 11.1. The fourth-order valence-corrected chi connectivity index (χ4v) is 3.74. The van der Waals surface area contributed by atoms with E-state index in [4.69, 9.17) is 14.5 Å². The third-order valence-corrected chi connectivity index (χ3v) is 5.52. The average molecular weight is 455 g/mol. The van der Waals surface area contributed by atoms with Gasteiger partial charge in [-0.3, -0.25) is 9.36 Å². The van der Waals surface area contributed by atoms with Gasteiger partial charge in [-0.15, -0.1) is 0 Å². The minimum Gasteiger partial charge on any atom is -0.458 e. The minimum atomic E-state index is -0.802. The van der Waals surface area contributed by atoms with Crippen LogP contribution in [0.25, 0.3) is 16.8 Å². The van der Waals surface area contributed by atoms with E-state index in [2.05, 4.69) is 15.4 Å². The van der Waals surface area contributed by atoms with E-state index < -0.39 is 17.6 Å². The van der Waals surface area contributed by atoms with Crippen molar-refractivity contribution < 1.29 is 14.3 Å². The fraction of sp³-hybridized carbons (Fsp3) is 0.522. The number of anilines is 1. The summed E-state index contributed by atoms with van der Waals surface area (Å²) in [6, 6.07) is 1.20. The summed E-state index contributed by atoms with van der Waals surface area (Å²) >= 11 is 0. The maximum absolute atomic E-state index is 13.1. The molecule has 3 aromatic heterocycles. The van der Waals surface area contributed by atoms with Crippen molar-refractivity contribution in [2.75, 3.05) is 18.5 Å². The van der Waals surface area contributed by atoms with Crippen LogP contribution in [0.1, 0.15) is 52.1 Å². The van der Waals surface area contributed by atoms with E-state index in [-0.39, 0.29) is 11.6 Å². The second kappa shape index (κ2) is 8.93. The molecule has 4 rings (SSSR count). The van der Waals surface area contributed by atoms with Crippen LogP contribution in [-0.2, 0) is 14.3 Å². The number of aromatic nitrogens is 5. The van der Waals surface area contributed by atoms with Gasteiger partial charge in [0.05, 0.1) is 5.69 Å².